The van der Waals surface area contributed by atoms with E-state index in [0.717, 1.165) is 64.6 Å². The molecule has 1 aliphatic rings. The molecule has 0 bridgehead atoms. The summed E-state index contributed by atoms with van der Waals surface area (Å²) in [6, 6.07) is 10.8. The molecule has 0 saturated carbocycles. The molecule has 5 nitrogen and oxygen atoms in total. The average Bonchev–Trinajstić information content (AvgIpc) is 3.21. The van der Waals surface area contributed by atoms with Crippen molar-refractivity contribution in [3.8, 4) is 0 Å². The van der Waals surface area contributed by atoms with Gasteiger partial charge in [0.15, 0.2) is 5.96 Å². The van der Waals surface area contributed by atoms with E-state index in [1.165, 1.54) is 5.56 Å². The van der Waals surface area contributed by atoms with Crippen LogP contribution in [0.1, 0.15) is 45.1 Å². The molecule has 0 aliphatic carbocycles. The van der Waals surface area contributed by atoms with Crippen molar-refractivity contribution < 1.29 is 9.47 Å². The number of ether oxygens (including phenoxy) is 2. The second-order valence-electron chi connectivity index (χ2n) is 6.92. The zero-order valence-electron chi connectivity index (χ0n) is 17.0. The lowest BCUT2D eigenvalue weighted by atomic mass is 9.76. The summed E-state index contributed by atoms with van der Waals surface area (Å²) < 4.78 is 11.1. The molecule has 6 heteroatoms. The Bertz CT molecular complexity index is 529. The lowest BCUT2D eigenvalue weighted by Crippen LogP contribution is -2.45. The second-order valence-corrected chi connectivity index (χ2v) is 6.92. The normalized spacial score (nSPS) is 17.4. The molecule has 1 atom stereocenters. The van der Waals surface area contributed by atoms with E-state index in [9.17, 15) is 0 Å². The van der Waals surface area contributed by atoms with Gasteiger partial charge in [-0.15, -0.1) is 24.0 Å². The number of hydrogen-bond donors (Lipinski definition) is 2. The standard InChI is InChI=1S/C21H35N3O2.HI/c1-4-21(5-2,18-10-7-6-8-11-18)17-24-20(22-3)23-13-9-14-26-19-12-15-25-16-19;/h6-8,10-11,19H,4-5,9,12-17H2,1-3H3,(H2,22,23,24);1H. The molecule has 0 aromatic heterocycles. The minimum atomic E-state index is 0. The summed E-state index contributed by atoms with van der Waals surface area (Å²) >= 11 is 0. The average molecular weight is 489 g/mol. The Morgan fingerprint density at radius 1 is 1.22 bits per heavy atom. The summed E-state index contributed by atoms with van der Waals surface area (Å²) in [5.41, 5.74) is 1.52. The van der Waals surface area contributed by atoms with Crippen LogP contribution in [0.2, 0.25) is 0 Å². The van der Waals surface area contributed by atoms with Crippen molar-refractivity contribution in [2.24, 2.45) is 4.99 Å². The van der Waals surface area contributed by atoms with Gasteiger partial charge in [-0.1, -0.05) is 44.2 Å². The monoisotopic (exact) mass is 489 g/mol. The minimum Gasteiger partial charge on any atom is -0.379 e. The largest absolute Gasteiger partial charge is 0.379 e. The van der Waals surface area contributed by atoms with E-state index in [1.54, 1.807) is 0 Å². The summed E-state index contributed by atoms with van der Waals surface area (Å²) in [5.74, 6) is 0.858. The number of rotatable bonds is 10. The Balaban J connectivity index is 0.00000364. The number of halogens is 1. The van der Waals surface area contributed by atoms with Crippen LogP contribution in [0.3, 0.4) is 0 Å². The molecule has 2 N–H and O–H groups in total. The third-order valence-electron chi connectivity index (χ3n) is 5.41. The van der Waals surface area contributed by atoms with E-state index >= 15 is 0 Å². The van der Waals surface area contributed by atoms with Crippen LogP contribution in [0.15, 0.2) is 35.3 Å². The van der Waals surface area contributed by atoms with E-state index in [-0.39, 0.29) is 35.5 Å². The first-order valence-electron chi connectivity index (χ1n) is 9.93. The van der Waals surface area contributed by atoms with Crippen LogP contribution in [0, 0.1) is 0 Å². The molecule has 1 aromatic rings. The molecule has 0 radical (unpaired) electrons. The highest BCUT2D eigenvalue weighted by Gasteiger charge is 2.28. The Labute approximate surface area is 181 Å². The number of nitrogens with zero attached hydrogens (tertiary/aromatic N) is 1. The maximum Gasteiger partial charge on any atom is 0.191 e. The first-order valence-corrected chi connectivity index (χ1v) is 9.93. The van der Waals surface area contributed by atoms with Crippen LogP contribution in [0.25, 0.3) is 0 Å². The van der Waals surface area contributed by atoms with Gasteiger partial charge in [-0.25, -0.2) is 0 Å². The van der Waals surface area contributed by atoms with Crippen molar-refractivity contribution in [1.29, 1.82) is 0 Å². The highest BCUT2D eigenvalue weighted by atomic mass is 127. The first kappa shape index (κ1) is 24.2. The SMILES string of the molecule is CCC(CC)(CNC(=NC)NCCCOC1CCOC1)c1ccccc1.I. The smallest absolute Gasteiger partial charge is 0.191 e. The van der Waals surface area contributed by atoms with Crippen molar-refractivity contribution in [3.05, 3.63) is 35.9 Å². The van der Waals surface area contributed by atoms with Crippen LogP contribution in [0.5, 0.6) is 0 Å². The third-order valence-corrected chi connectivity index (χ3v) is 5.41. The number of benzene rings is 1. The van der Waals surface area contributed by atoms with Crippen LogP contribution in [0.4, 0.5) is 0 Å². The lowest BCUT2D eigenvalue weighted by molar-refractivity contribution is 0.0420. The van der Waals surface area contributed by atoms with Crippen molar-refractivity contribution in [2.45, 2.75) is 51.0 Å². The molecule has 1 saturated heterocycles. The van der Waals surface area contributed by atoms with Crippen molar-refractivity contribution >= 4 is 29.9 Å². The Morgan fingerprint density at radius 3 is 2.56 bits per heavy atom. The molecule has 0 amide bonds. The predicted octanol–water partition coefficient (Wildman–Crippen LogP) is 3.72. The zero-order chi connectivity index (χ0) is 18.7. The first-order chi connectivity index (χ1) is 12.7. The van der Waals surface area contributed by atoms with Crippen molar-refractivity contribution in [3.63, 3.8) is 0 Å². The van der Waals surface area contributed by atoms with Crippen LogP contribution < -0.4 is 10.6 Å². The Kier molecular flexibility index (Phi) is 11.9. The molecule has 1 aliphatic heterocycles. The van der Waals surface area contributed by atoms with E-state index < -0.39 is 0 Å². The van der Waals surface area contributed by atoms with Gasteiger partial charge >= 0.3 is 0 Å². The highest BCUT2D eigenvalue weighted by Crippen LogP contribution is 2.30. The summed E-state index contributed by atoms with van der Waals surface area (Å²) in [6.45, 7) is 8.58. The Hall–Kier alpha value is -0.860. The molecular weight excluding hydrogens is 453 g/mol. The number of nitrogens with one attached hydrogen (secondary N) is 2. The predicted molar refractivity (Wildman–Crippen MR) is 123 cm³/mol. The number of aliphatic imine (C=N–C) groups is 1. The molecule has 1 heterocycles. The van der Waals surface area contributed by atoms with Gasteiger partial charge in [0.1, 0.15) is 0 Å². The van der Waals surface area contributed by atoms with E-state index in [4.69, 9.17) is 9.47 Å². The molecule has 1 aromatic carbocycles. The van der Waals surface area contributed by atoms with Gasteiger partial charge in [0.05, 0.1) is 12.7 Å². The fourth-order valence-electron chi connectivity index (χ4n) is 3.45. The van der Waals surface area contributed by atoms with Gasteiger partial charge in [-0.05, 0) is 31.2 Å². The summed E-state index contributed by atoms with van der Waals surface area (Å²) in [6.07, 6.45) is 4.45. The van der Waals surface area contributed by atoms with Gasteiger partial charge in [0.25, 0.3) is 0 Å². The van der Waals surface area contributed by atoms with Gasteiger partial charge in [0, 0.05) is 38.8 Å². The summed E-state index contributed by atoms with van der Waals surface area (Å²) in [4.78, 5) is 4.36. The fraction of sp³-hybridized carbons (Fsp3) is 0.667. The van der Waals surface area contributed by atoms with Crippen LogP contribution in [-0.2, 0) is 14.9 Å². The maximum atomic E-state index is 5.80. The van der Waals surface area contributed by atoms with Crippen molar-refractivity contribution in [1.82, 2.24) is 10.6 Å². The number of guanidine groups is 1. The van der Waals surface area contributed by atoms with Gasteiger partial charge in [0.2, 0.25) is 0 Å². The van der Waals surface area contributed by atoms with Crippen LogP contribution >= 0.6 is 24.0 Å². The Morgan fingerprint density at radius 2 is 1.96 bits per heavy atom. The second kappa shape index (κ2) is 13.3. The highest BCUT2D eigenvalue weighted by molar-refractivity contribution is 14.0. The maximum absolute atomic E-state index is 5.80. The molecule has 154 valence electrons. The quantitative estimate of drug-likeness (QED) is 0.228. The molecule has 1 unspecified atom stereocenters. The lowest BCUT2D eigenvalue weighted by Gasteiger charge is -2.33. The third kappa shape index (κ3) is 7.58. The van der Waals surface area contributed by atoms with Gasteiger partial charge in [-0.2, -0.15) is 0 Å². The van der Waals surface area contributed by atoms with Crippen LogP contribution in [-0.4, -0.2) is 52.0 Å². The van der Waals surface area contributed by atoms with Gasteiger partial charge < -0.3 is 20.1 Å². The van der Waals surface area contributed by atoms with E-state index in [1.807, 2.05) is 7.05 Å². The summed E-state index contributed by atoms with van der Waals surface area (Å²) in [5, 5.41) is 6.92. The fourth-order valence-corrected chi connectivity index (χ4v) is 3.45. The molecule has 0 spiro atoms. The molecule has 27 heavy (non-hydrogen) atoms. The topological polar surface area (TPSA) is 54.9 Å². The van der Waals surface area contributed by atoms with Crippen molar-refractivity contribution in [2.75, 3.05) is 40.0 Å². The molecule has 2 rings (SSSR count). The number of hydrogen-bond acceptors (Lipinski definition) is 3. The van der Waals surface area contributed by atoms with E-state index in [2.05, 4.69) is 59.8 Å². The molecular formula is C21H36IN3O2. The zero-order valence-corrected chi connectivity index (χ0v) is 19.3. The minimum absolute atomic E-state index is 0. The van der Waals surface area contributed by atoms with Gasteiger partial charge in [-0.3, -0.25) is 4.99 Å². The van der Waals surface area contributed by atoms with E-state index in [0.29, 0.717) is 0 Å². The molecule has 1 fully saturated rings. The summed E-state index contributed by atoms with van der Waals surface area (Å²) in [7, 11) is 1.82.